The van der Waals surface area contributed by atoms with E-state index in [4.69, 9.17) is 4.74 Å². The summed E-state index contributed by atoms with van der Waals surface area (Å²) in [5, 5.41) is 0. The number of halogens is 1. The lowest BCUT2D eigenvalue weighted by atomic mass is 10.1. The van der Waals surface area contributed by atoms with E-state index in [1.165, 1.54) is 6.07 Å². The molecule has 1 aromatic carbocycles. The van der Waals surface area contributed by atoms with Crippen molar-refractivity contribution >= 4 is 0 Å². The number of nitrogens with zero attached hydrogens (tertiary/aromatic N) is 1. The Kier molecular flexibility index (Phi) is 5.26. The van der Waals surface area contributed by atoms with Crippen LogP contribution in [0.1, 0.15) is 25.8 Å². The van der Waals surface area contributed by atoms with Gasteiger partial charge in [-0.1, -0.05) is 19.9 Å². The largest absolute Gasteiger partial charge is 0.496 e. The van der Waals surface area contributed by atoms with Crippen LogP contribution in [0.4, 0.5) is 4.39 Å². The number of hydrogen-bond acceptors (Lipinski definition) is 2. The van der Waals surface area contributed by atoms with Gasteiger partial charge in [-0.2, -0.15) is 0 Å². The van der Waals surface area contributed by atoms with Crippen LogP contribution < -0.4 is 4.74 Å². The zero-order valence-electron chi connectivity index (χ0n) is 10.3. The Morgan fingerprint density at radius 1 is 1.31 bits per heavy atom. The fourth-order valence-electron chi connectivity index (χ4n) is 1.77. The van der Waals surface area contributed by atoms with Crippen LogP contribution >= 0.6 is 0 Å². The van der Waals surface area contributed by atoms with Crippen molar-refractivity contribution in [3.8, 4) is 5.75 Å². The summed E-state index contributed by atoms with van der Waals surface area (Å²) < 4.78 is 18.9. The molecule has 2 nitrogen and oxygen atoms in total. The average Bonchev–Trinajstić information content (AvgIpc) is 2.30. The molecule has 0 unspecified atom stereocenters. The number of hydrogen-bond donors (Lipinski definition) is 0. The fraction of sp³-hybridized carbons (Fsp3) is 0.538. The average molecular weight is 225 g/mol. The molecular formula is C13H20FNO. The molecule has 0 atom stereocenters. The van der Waals surface area contributed by atoms with Crippen LogP contribution in [0, 0.1) is 5.82 Å². The zero-order valence-corrected chi connectivity index (χ0v) is 10.3. The Labute approximate surface area is 97.0 Å². The topological polar surface area (TPSA) is 12.5 Å². The Bertz CT molecular complexity index is 328. The molecule has 0 amide bonds. The number of rotatable bonds is 6. The highest BCUT2D eigenvalue weighted by Crippen LogP contribution is 2.22. The molecule has 0 spiro atoms. The molecule has 0 heterocycles. The summed E-state index contributed by atoms with van der Waals surface area (Å²) in [6.45, 7) is 6.73. The molecule has 90 valence electrons. The molecule has 0 aliphatic carbocycles. The second kappa shape index (κ2) is 6.48. The van der Waals surface area contributed by atoms with E-state index in [2.05, 4.69) is 18.7 Å². The third-order valence-corrected chi connectivity index (χ3v) is 2.66. The van der Waals surface area contributed by atoms with Crippen LogP contribution in [0.3, 0.4) is 0 Å². The highest BCUT2D eigenvalue weighted by molar-refractivity contribution is 5.34. The van der Waals surface area contributed by atoms with E-state index in [0.29, 0.717) is 17.9 Å². The van der Waals surface area contributed by atoms with Gasteiger partial charge in [0.25, 0.3) is 0 Å². The van der Waals surface area contributed by atoms with Gasteiger partial charge in [-0.3, -0.25) is 4.90 Å². The van der Waals surface area contributed by atoms with Crippen LogP contribution in [0.15, 0.2) is 18.2 Å². The van der Waals surface area contributed by atoms with E-state index in [1.54, 1.807) is 19.2 Å². The first kappa shape index (κ1) is 13.0. The van der Waals surface area contributed by atoms with Gasteiger partial charge >= 0.3 is 0 Å². The first-order chi connectivity index (χ1) is 7.72. The number of methoxy groups -OCH3 is 1. The minimum absolute atomic E-state index is 0.186. The molecule has 0 bridgehead atoms. The van der Waals surface area contributed by atoms with Gasteiger partial charge in [-0.25, -0.2) is 4.39 Å². The molecule has 0 aromatic heterocycles. The van der Waals surface area contributed by atoms with Crippen molar-refractivity contribution in [2.45, 2.75) is 26.8 Å². The second-order valence-corrected chi connectivity index (χ2v) is 3.79. The van der Waals surface area contributed by atoms with Crippen LogP contribution in [0.5, 0.6) is 5.75 Å². The summed E-state index contributed by atoms with van der Waals surface area (Å²) in [5.41, 5.74) is 0.653. The summed E-state index contributed by atoms with van der Waals surface area (Å²) in [4.78, 5) is 2.21. The monoisotopic (exact) mass is 225 g/mol. The maximum atomic E-state index is 13.7. The summed E-state index contributed by atoms with van der Waals surface area (Å²) in [6, 6.07) is 4.96. The molecule has 0 N–H and O–H groups in total. The van der Waals surface area contributed by atoms with Gasteiger partial charge in [0.05, 0.1) is 7.11 Å². The fourth-order valence-corrected chi connectivity index (χ4v) is 1.77. The van der Waals surface area contributed by atoms with Gasteiger partial charge in [0.1, 0.15) is 11.6 Å². The van der Waals surface area contributed by atoms with E-state index in [-0.39, 0.29) is 5.82 Å². The van der Waals surface area contributed by atoms with E-state index in [1.807, 2.05) is 0 Å². The van der Waals surface area contributed by atoms with Crippen molar-refractivity contribution in [1.82, 2.24) is 4.90 Å². The Morgan fingerprint density at radius 3 is 2.62 bits per heavy atom. The van der Waals surface area contributed by atoms with Gasteiger partial charge in [0.15, 0.2) is 0 Å². The lowest BCUT2D eigenvalue weighted by Crippen LogP contribution is -2.24. The van der Waals surface area contributed by atoms with Gasteiger partial charge in [-0.05, 0) is 31.6 Å². The minimum Gasteiger partial charge on any atom is -0.496 e. The van der Waals surface area contributed by atoms with E-state index in [9.17, 15) is 4.39 Å². The quantitative estimate of drug-likeness (QED) is 0.737. The summed E-state index contributed by atoms with van der Waals surface area (Å²) in [5.74, 6) is 0.448. The van der Waals surface area contributed by atoms with E-state index < -0.39 is 0 Å². The van der Waals surface area contributed by atoms with Crippen molar-refractivity contribution < 1.29 is 9.13 Å². The maximum absolute atomic E-state index is 13.7. The second-order valence-electron chi connectivity index (χ2n) is 3.79. The van der Waals surface area contributed by atoms with Crippen molar-refractivity contribution in [3.05, 3.63) is 29.6 Å². The third kappa shape index (κ3) is 3.20. The molecule has 1 aromatic rings. The molecule has 3 heteroatoms. The summed E-state index contributed by atoms with van der Waals surface area (Å²) in [6.07, 6.45) is 1.07. The van der Waals surface area contributed by atoms with Crippen molar-refractivity contribution in [2.75, 3.05) is 20.2 Å². The van der Waals surface area contributed by atoms with Crippen LogP contribution in [0.2, 0.25) is 0 Å². The number of benzene rings is 1. The van der Waals surface area contributed by atoms with Crippen molar-refractivity contribution in [3.63, 3.8) is 0 Å². The molecule has 0 aliphatic rings. The highest BCUT2D eigenvalue weighted by Gasteiger charge is 2.12. The van der Waals surface area contributed by atoms with Gasteiger partial charge in [0, 0.05) is 12.1 Å². The predicted molar refractivity (Wildman–Crippen MR) is 64.2 cm³/mol. The van der Waals surface area contributed by atoms with Gasteiger partial charge in [-0.15, -0.1) is 0 Å². The molecule has 0 saturated heterocycles. The SMILES string of the molecule is CCCN(CC)Cc1c(F)cccc1OC. The van der Waals surface area contributed by atoms with Gasteiger partial charge in [0.2, 0.25) is 0 Å². The lowest BCUT2D eigenvalue weighted by Gasteiger charge is -2.21. The standard InChI is InChI=1S/C13H20FNO/c1-4-9-15(5-2)10-11-12(14)7-6-8-13(11)16-3/h6-8H,4-5,9-10H2,1-3H3. The lowest BCUT2D eigenvalue weighted by molar-refractivity contribution is 0.270. The molecule has 0 aliphatic heterocycles. The summed E-state index contributed by atoms with van der Waals surface area (Å²) >= 11 is 0. The smallest absolute Gasteiger partial charge is 0.131 e. The summed E-state index contributed by atoms with van der Waals surface area (Å²) in [7, 11) is 1.58. The van der Waals surface area contributed by atoms with Crippen LogP contribution in [-0.4, -0.2) is 25.1 Å². The van der Waals surface area contributed by atoms with Crippen LogP contribution in [0.25, 0.3) is 0 Å². The Hall–Kier alpha value is -1.09. The van der Waals surface area contributed by atoms with Crippen molar-refractivity contribution in [2.24, 2.45) is 0 Å². The molecule has 16 heavy (non-hydrogen) atoms. The third-order valence-electron chi connectivity index (χ3n) is 2.66. The molecule has 0 fully saturated rings. The highest BCUT2D eigenvalue weighted by atomic mass is 19.1. The Balaban J connectivity index is 2.85. The predicted octanol–water partition coefficient (Wildman–Crippen LogP) is 3.07. The zero-order chi connectivity index (χ0) is 12.0. The first-order valence-corrected chi connectivity index (χ1v) is 5.76. The molecular weight excluding hydrogens is 205 g/mol. The minimum atomic E-state index is -0.186. The molecule has 0 saturated carbocycles. The molecule has 1 rings (SSSR count). The number of ether oxygens (including phenoxy) is 1. The van der Waals surface area contributed by atoms with Crippen molar-refractivity contribution in [1.29, 1.82) is 0 Å². The normalized spacial score (nSPS) is 10.8. The maximum Gasteiger partial charge on any atom is 0.131 e. The Morgan fingerprint density at radius 2 is 2.06 bits per heavy atom. The van der Waals surface area contributed by atoms with E-state index >= 15 is 0 Å². The van der Waals surface area contributed by atoms with Gasteiger partial charge < -0.3 is 4.74 Å². The van der Waals surface area contributed by atoms with E-state index in [0.717, 1.165) is 19.5 Å². The molecule has 0 radical (unpaired) electrons. The first-order valence-electron chi connectivity index (χ1n) is 5.76. The van der Waals surface area contributed by atoms with Crippen LogP contribution in [-0.2, 0) is 6.54 Å².